The van der Waals surface area contributed by atoms with E-state index in [2.05, 4.69) is 96.6 Å². The highest BCUT2D eigenvalue weighted by atomic mass is 15.2. The van der Waals surface area contributed by atoms with Crippen LogP contribution in [0, 0.1) is 13.8 Å². The van der Waals surface area contributed by atoms with Gasteiger partial charge in [-0.05, 0) is 112 Å². The molecular weight excluding hydrogens is 428 g/mol. The number of nitrogens with one attached hydrogen (secondary N) is 1. The molecule has 0 saturated heterocycles. The highest BCUT2D eigenvalue weighted by molar-refractivity contribution is 5.57. The smallest absolute Gasteiger partial charge is 0.0523 e. The molecule has 0 amide bonds. The van der Waals surface area contributed by atoms with E-state index < -0.39 is 0 Å². The number of nitrogens with zero attached hydrogens (tertiary/aromatic N) is 1. The van der Waals surface area contributed by atoms with Gasteiger partial charge in [0.2, 0.25) is 0 Å². The predicted molar refractivity (Wildman–Crippen MR) is 152 cm³/mol. The number of allylic oxidation sites excluding steroid dienone is 8. The van der Waals surface area contributed by atoms with Crippen molar-refractivity contribution in [3.8, 4) is 0 Å². The van der Waals surface area contributed by atoms with E-state index in [-0.39, 0.29) is 6.04 Å². The van der Waals surface area contributed by atoms with Crippen LogP contribution in [0.4, 0.5) is 0 Å². The van der Waals surface area contributed by atoms with Crippen LogP contribution in [0.25, 0.3) is 6.08 Å². The molecule has 2 aliphatic heterocycles. The van der Waals surface area contributed by atoms with Gasteiger partial charge in [0.15, 0.2) is 0 Å². The third-order valence-electron chi connectivity index (χ3n) is 8.50. The van der Waals surface area contributed by atoms with Gasteiger partial charge in [-0.3, -0.25) is 0 Å². The highest BCUT2D eigenvalue weighted by Gasteiger charge is 2.32. The molecule has 0 fully saturated rings. The van der Waals surface area contributed by atoms with Crippen molar-refractivity contribution in [2.24, 2.45) is 11.5 Å². The van der Waals surface area contributed by atoms with Crippen molar-refractivity contribution in [2.75, 3.05) is 7.05 Å². The monoisotopic (exact) mass is 474 g/mol. The van der Waals surface area contributed by atoms with Crippen LogP contribution in [0.1, 0.15) is 83.3 Å². The predicted octanol–water partition coefficient (Wildman–Crippen LogP) is 6.75. The SMILES string of the molecule is CCC1=C(C)\C2=C/C=C(C)/C(C)=C(\N)Cc3[nH]c(c(C)c3C)/C=C/C(CC)=C(/C)C(N)CC1N2C. The maximum atomic E-state index is 6.86. The topological polar surface area (TPSA) is 71.1 Å². The minimum absolute atomic E-state index is 0.0129. The van der Waals surface area contributed by atoms with Crippen molar-refractivity contribution in [3.05, 3.63) is 85.6 Å². The fourth-order valence-electron chi connectivity index (χ4n) is 5.52. The fourth-order valence-corrected chi connectivity index (χ4v) is 5.52. The first-order valence-electron chi connectivity index (χ1n) is 13.1. The van der Waals surface area contributed by atoms with Gasteiger partial charge in [-0.1, -0.05) is 31.6 Å². The number of H-pyrrole nitrogens is 1. The first kappa shape index (κ1) is 26.9. The van der Waals surface area contributed by atoms with Gasteiger partial charge in [0.1, 0.15) is 0 Å². The van der Waals surface area contributed by atoms with Crippen molar-refractivity contribution in [1.82, 2.24) is 9.88 Å². The normalized spacial score (nSPS) is 30.5. The van der Waals surface area contributed by atoms with E-state index in [1.165, 1.54) is 50.4 Å². The van der Waals surface area contributed by atoms with Gasteiger partial charge in [-0.15, -0.1) is 0 Å². The van der Waals surface area contributed by atoms with E-state index in [0.717, 1.165) is 42.6 Å². The largest absolute Gasteiger partial charge is 0.401 e. The molecule has 190 valence electrons. The Hall–Kier alpha value is -2.72. The Bertz CT molecular complexity index is 1160. The standard InChI is InChI=1S/C31H46N4/c1-10-24-13-14-28-20(5)21(6)29(34-28)16-26(32)19(4)18(3)12-15-30-23(8)25(11-2)31(35(30)9)17-27(33)22(24)7/h12-15,27,31,34H,10-11,16-17,32-33H2,1-9H3/b14-13+,18-12+,24-22-,26-19-,30-15+. The van der Waals surface area contributed by atoms with Crippen LogP contribution < -0.4 is 11.5 Å². The third-order valence-corrected chi connectivity index (χ3v) is 8.50. The zero-order valence-corrected chi connectivity index (χ0v) is 23.4. The average molecular weight is 475 g/mol. The highest BCUT2D eigenvalue weighted by Crippen LogP contribution is 2.37. The number of aromatic amines is 1. The summed E-state index contributed by atoms with van der Waals surface area (Å²) in [6.45, 7) is 17.6. The lowest BCUT2D eigenvalue weighted by Crippen LogP contribution is -2.35. The lowest BCUT2D eigenvalue weighted by molar-refractivity contribution is 0.337. The van der Waals surface area contributed by atoms with Crippen molar-refractivity contribution in [2.45, 2.75) is 93.2 Å². The summed E-state index contributed by atoms with van der Waals surface area (Å²) in [5.74, 6) is 0. The van der Waals surface area contributed by atoms with Gasteiger partial charge in [-0.25, -0.2) is 0 Å². The zero-order valence-electron chi connectivity index (χ0n) is 23.4. The molecule has 1 aromatic rings. The van der Waals surface area contributed by atoms with Crippen molar-refractivity contribution < 1.29 is 0 Å². The molecule has 2 unspecified atom stereocenters. The van der Waals surface area contributed by atoms with Crippen molar-refractivity contribution >= 4 is 6.08 Å². The van der Waals surface area contributed by atoms with E-state index in [9.17, 15) is 0 Å². The number of hydrogen-bond acceptors (Lipinski definition) is 3. The Morgan fingerprint density at radius 2 is 1.63 bits per heavy atom. The molecule has 0 radical (unpaired) electrons. The molecule has 0 aromatic carbocycles. The van der Waals surface area contributed by atoms with Crippen LogP contribution in [-0.2, 0) is 6.42 Å². The minimum Gasteiger partial charge on any atom is -0.401 e. The second kappa shape index (κ2) is 10.9. The molecule has 4 nitrogen and oxygen atoms in total. The number of nitrogens with two attached hydrogens (primary N) is 2. The molecule has 0 spiro atoms. The summed E-state index contributed by atoms with van der Waals surface area (Å²) in [6, 6.07) is 0.336. The molecule has 0 saturated carbocycles. The van der Waals surface area contributed by atoms with Gasteiger partial charge < -0.3 is 21.4 Å². The molecule has 3 heterocycles. The lowest BCUT2D eigenvalue weighted by atomic mass is 9.91. The third kappa shape index (κ3) is 5.28. The van der Waals surface area contributed by atoms with Gasteiger partial charge in [0.05, 0.1) is 6.04 Å². The van der Waals surface area contributed by atoms with E-state index in [1.807, 2.05) is 0 Å². The molecule has 4 heteroatoms. The number of rotatable bonds is 2. The maximum Gasteiger partial charge on any atom is 0.0523 e. The van der Waals surface area contributed by atoms with Gasteiger partial charge in [0, 0.05) is 42.3 Å². The summed E-state index contributed by atoms with van der Waals surface area (Å²) >= 11 is 0. The maximum absolute atomic E-state index is 6.86. The first-order valence-corrected chi connectivity index (χ1v) is 13.1. The molecule has 3 rings (SSSR count). The Labute approximate surface area is 213 Å². The van der Waals surface area contributed by atoms with Crippen LogP contribution in [0.3, 0.4) is 0 Å². The van der Waals surface area contributed by atoms with E-state index in [4.69, 9.17) is 11.5 Å². The summed E-state index contributed by atoms with van der Waals surface area (Å²) in [6.07, 6.45) is 12.6. The van der Waals surface area contributed by atoms with Crippen LogP contribution in [0.2, 0.25) is 0 Å². The molecule has 5 N–H and O–H groups in total. The van der Waals surface area contributed by atoms with Crippen LogP contribution in [0.15, 0.2) is 63.1 Å². The van der Waals surface area contributed by atoms with Gasteiger partial charge in [0.25, 0.3) is 0 Å². The summed E-state index contributed by atoms with van der Waals surface area (Å²) in [5, 5.41) is 0. The Morgan fingerprint density at radius 1 is 0.943 bits per heavy atom. The Balaban J connectivity index is 2.20. The summed E-state index contributed by atoms with van der Waals surface area (Å²) in [7, 11) is 2.21. The van der Waals surface area contributed by atoms with Gasteiger partial charge in [-0.2, -0.15) is 0 Å². The molecule has 2 atom stereocenters. The van der Waals surface area contributed by atoms with Crippen molar-refractivity contribution in [3.63, 3.8) is 0 Å². The van der Waals surface area contributed by atoms with Gasteiger partial charge >= 0.3 is 0 Å². The Morgan fingerprint density at radius 3 is 2.26 bits per heavy atom. The van der Waals surface area contributed by atoms with Crippen LogP contribution in [-0.4, -0.2) is 29.0 Å². The summed E-state index contributed by atoms with van der Waals surface area (Å²) in [4.78, 5) is 6.06. The lowest BCUT2D eigenvalue weighted by Gasteiger charge is -2.29. The molecule has 2 aliphatic rings. The molecule has 1 aromatic heterocycles. The first-order chi connectivity index (χ1) is 16.5. The quantitative estimate of drug-likeness (QED) is 0.444. The number of likely N-dealkylation sites (N-methyl/N-ethyl adjacent to an activating group) is 1. The Kier molecular flexibility index (Phi) is 8.38. The van der Waals surface area contributed by atoms with Crippen LogP contribution >= 0.6 is 0 Å². The number of aromatic nitrogens is 1. The van der Waals surface area contributed by atoms with E-state index >= 15 is 0 Å². The molecule has 35 heavy (non-hydrogen) atoms. The zero-order chi connectivity index (χ0) is 26.0. The second-order valence-corrected chi connectivity index (χ2v) is 10.4. The molecule has 4 bridgehead atoms. The number of fused-ring (bicyclic) bond motifs is 4. The summed E-state index contributed by atoms with van der Waals surface area (Å²) < 4.78 is 0. The van der Waals surface area contributed by atoms with E-state index in [0.29, 0.717) is 6.04 Å². The molecular formula is C31H46N4. The fraction of sp³-hybridized carbons (Fsp3) is 0.484. The molecule has 0 aliphatic carbocycles. The van der Waals surface area contributed by atoms with Crippen LogP contribution in [0.5, 0.6) is 0 Å². The number of hydrogen-bond donors (Lipinski definition) is 3. The summed E-state index contributed by atoms with van der Waals surface area (Å²) in [5.41, 5.74) is 28.4. The van der Waals surface area contributed by atoms with Crippen molar-refractivity contribution in [1.29, 1.82) is 0 Å². The average Bonchev–Trinajstić information content (AvgIpc) is 3.22. The van der Waals surface area contributed by atoms with E-state index in [1.54, 1.807) is 0 Å². The minimum atomic E-state index is 0.0129. The second-order valence-electron chi connectivity index (χ2n) is 10.4.